The standard InChI is InChI=1S/C14H25BrN2/c1-6-11(4)17-8-7-13(16-17)9-14(10(2)3)12(5)15/h7-8,10-12,14H,6,9H2,1-5H3. The monoisotopic (exact) mass is 300 g/mol. The molecule has 98 valence electrons. The molecule has 1 heterocycles. The van der Waals surface area contributed by atoms with E-state index in [1.54, 1.807) is 0 Å². The van der Waals surface area contributed by atoms with Crippen molar-refractivity contribution in [2.24, 2.45) is 11.8 Å². The molecule has 0 aromatic carbocycles. The molecule has 2 nitrogen and oxygen atoms in total. The summed E-state index contributed by atoms with van der Waals surface area (Å²) in [6, 6.07) is 2.67. The van der Waals surface area contributed by atoms with Gasteiger partial charge < -0.3 is 0 Å². The van der Waals surface area contributed by atoms with Crippen LogP contribution >= 0.6 is 15.9 Å². The Morgan fingerprint density at radius 1 is 1.29 bits per heavy atom. The third-order valence-corrected chi connectivity index (χ3v) is 4.28. The SMILES string of the molecule is CCC(C)n1ccc(CC(C(C)C)C(C)Br)n1. The quantitative estimate of drug-likeness (QED) is 0.710. The second-order valence-electron chi connectivity index (χ2n) is 5.33. The largest absolute Gasteiger partial charge is 0.270 e. The number of hydrogen-bond acceptors (Lipinski definition) is 1. The van der Waals surface area contributed by atoms with Crippen molar-refractivity contribution >= 4 is 15.9 Å². The Balaban J connectivity index is 2.70. The summed E-state index contributed by atoms with van der Waals surface area (Å²) >= 11 is 3.71. The van der Waals surface area contributed by atoms with Crippen LogP contribution in [0.4, 0.5) is 0 Å². The molecule has 0 aliphatic rings. The van der Waals surface area contributed by atoms with Gasteiger partial charge in [-0.3, -0.25) is 4.68 Å². The van der Waals surface area contributed by atoms with E-state index in [0.717, 1.165) is 12.8 Å². The van der Waals surface area contributed by atoms with Crippen molar-refractivity contribution in [3.05, 3.63) is 18.0 Å². The van der Waals surface area contributed by atoms with Crippen LogP contribution in [0.15, 0.2) is 12.3 Å². The Kier molecular flexibility index (Phi) is 5.71. The minimum atomic E-state index is 0.502. The highest BCUT2D eigenvalue weighted by Gasteiger charge is 2.20. The molecule has 0 amide bonds. The van der Waals surface area contributed by atoms with E-state index in [4.69, 9.17) is 0 Å². The van der Waals surface area contributed by atoms with Gasteiger partial charge in [-0.2, -0.15) is 5.10 Å². The minimum Gasteiger partial charge on any atom is -0.270 e. The van der Waals surface area contributed by atoms with E-state index < -0.39 is 0 Å². The van der Waals surface area contributed by atoms with Crippen LogP contribution in [-0.2, 0) is 6.42 Å². The van der Waals surface area contributed by atoms with Crippen molar-refractivity contribution in [1.29, 1.82) is 0 Å². The summed E-state index contributed by atoms with van der Waals surface area (Å²) in [5, 5.41) is 4.68. The lowest BCUT2D eigenvalue weighted by molar-refractivity contribution is 0.376. The normalized spacial score (nSPS) is 17.1. The molecule has 0 aliphatic carbocycles. The highest BCUT2D eigenvalue weighted by Crippen LogP contribution is 2.25. The smallest absolute Gasteiger partial charge is 0.0628 e. The Hall–Kier alpha value is -0.310. The average molecular weight is 301 g/mol. The van der Waals surface area contributed by atoms with Crippen LogP contribution in [0, 0.1) is 11.8 Å². The van der Waals surface area contributed by atoms with Gasteiger partial charge in [0, 0.05) is 17.1 Å². The highest BCUT2D eigenvalue weighted by molar-refractivity contribution is 9.09. The van der Waals surface area contributed by atoms with Gasteiger partial charge in [-0.1, -0.05) is 43.6 Å². The van der Waals surface area contributed by atoms with Gasteiger partial charge in [0.2, 0.25) is 0 Å². The van der Waals surface area contributed by atoms with Crippen molar-refractivity contribution in [3.63, 3.8) is 0 Å². The second kappa shape index (κ2) is 6.58. The Morgan fingerprint density at radius 2 is 1.94 bits per heavy atom. The molecule has 0 aliphatic heterocycles. The Morgan fingerprint density at radius 3 is 2.41 bits per heavy atom. The topological polar surface area (TPSA) is 17.8 Å². The zero-order valence-electron chi connectivity index (χ0n) is 11.7. The van der Waals surface area contributed by atoms with Gasteiger partial charge in [-0.05, 0) is 37.7 Å². The molecular formula is C14H25BrN2. The van der Waals surface area contributed by atoms with Gasteiger partial charge in [-0.25, -0.2) is 0 Å². The molecule has 0 radical (unpaired) electrons. The van der Waals surface area contributed by atoms with E-state index in [1.165, 1.54) is 5.69 Å². The first-order valence-corrected chi connectivity index (χ1v) is 7.55. The maximum atomic E-state index is 4.68. The van der Waals surface area contributed by atoms with Crippen molar-refractivity contribution in [3.8, 4) is 0 Å². The van der Waals surface area contributed by atoms with E-state index in [-0.39, 0.29) is 0 Å². The molecule has 1 aromatic rings. The third kappa shape index (κ3) is 4.13. The van der Waals surface area contributed by atoms with E-state index in [2.05, 4.69) is 72.6 Å². The van der Waals surface area contributed by atoms with Crippen LogP contribution in [0.1, 0.15) is 52.8 Å². The number of rotatable bonds is 6. The molecule has 3 atom stereocenters. The summed E-state index contributed by atoms with van der Waals surface area (Å²) in [7, 11) is 0. The zero-order valence-corrected chi connectivity index (χ0v) is 13.2. The van der Waals surface area contributed by atoms with Crippen LogP contribution in [-0.4, -0.2) is 14.6 Å². The fourth-order valence-electron chi connectivity index (χ4n) is 2.09. The van der Waals surface area contributed by atoms with E-state index in [9.17, 15) is 0 Å². The van der Waals surface area contributed by atoms with E-state index in [0.29, 0.717) is 22.7 Å². The number of hydrogen-bond donors (Lipinski definition) is 0. The summed E-state index contributed by atoms with van der Waals surface area (Å²) in [6.07, 6.45) is 4.30. The number of nitrogens with zero attached hydrogens (tertiary/aromatic N) is 2. The zero-order chi connectivity index (χ0) is 13.0. The summed E-state index contributed by atoms with van der Waals surface area (Å²) in [4.78, 5) is 0.538. The first kappa shape index (κ1) is 14.7. The van der Waals surface area contributed by atoms with Gasteiger partial charge in [0.15, 0.2) is 0 Å². The van der Waals surface area contributed by atoms with Crippen LogP contribution in [0.5, 0.6) is 0 Å². The predicted molar refractivity (Wildman–Crippen MR) is 77.7 cm³/mol. The fraction of sp³-hybridized carbons (Fsp3) is 0.786. The molecule has 0 N–H and O–H groups in total. The average Bonchev–Trinajstić information content (AvgIpc) is 2.72. The van der Waals surface area contributed by atoms with Crippen molar-refractivity contribution in [2.75, 3.05) is 0 Å². The first-order valence-electron chi connectivity index (χ1n) is 6.63. The number of halogens is 1. The van der Waals surface area contributed by atoms with Gasteiger partial charge in [-0.15, -0.1) is 0 Å². The van der Waals surface area contributed by atoms with Gasteiger partial charge in [0.05, 0.1) is 5.69 Å². The number of alkyl halides is 1. The van der Waals surface area contributed by atoms with Crippen molar-refractivity contribution < 1.29 is 0 Å². The highest BCUT2D eigenvalue weighted by atomic mass is 79.9. The first-order chi connectivity index (χ1) is 7.95. The van der Waals surface area contributed by atoms with Crippen molar-refractivity contribution in [2.45, 2.75) is 58.3 Å². The molecule has 1 aromatic heterocycles. The molecule has 3 unspecified atom stereocenters. The fourth-order valence-corrected chi connectivity index (χ4v) is 2.89. The van der Waals surface area contributed by atoms with E-state index in [1.807, 2.05) is 0 Å². The van der Waals surface area contributed by atoms with E-state index >= 15 is 0 Å². The summed E-state index contributed by atoms with van der Waals surface area (Å²) in [6.45, 7) is 11.2. The molecule has 0 spiro atoms. The van der Waals surface area contributed by atoms with Crippen LogP contribution in [0.2, 0.25) is 0 Å². The molecule has 0 saturated heterocycles. The lowest BCUT2D eigenvalue weighted by atomic mass is 9.89. The van der Waals surface area contributed by atoms with Crippen LogP contribution in [0.3, 0.4) is 0 Å². The summed E-state index contributed by atoms with van der Waals surface area (Å²) in [5.74, 6) is 1.33. The van der Waals surface area contributed by atoms with Crippen LogP contribution < -0.4 is 0 Å². The lowest BCUT2D eigenvalue weighted by Crippen LogP contribution is -2.20. The van der Waals surface area contributed by atoms with Crippen molar-refractivity contribution in [1.82, 2.24) is 9.78 Å². The van der Waals surface area contributed by atoms with Gasteiger partial charge in [0.1, 0.15) is 0 Å². The Labute approximate surface area is 114 Å². The van der Waals surface area contributed by atoms with Gasteiger partial charge >= 0.3 is 0 Å². The number of aromatic nitrogens is 2. The lowest BCUT2D eigenvalue weighted by Gasteiger charge is -2.22. The molecule has 3 heteroatoms. The maximum absolute atomic E-state index is 4.68. The Bertz CT molecular complexity index is 323. The molecule has 17 heavy (non-hydrogen) atoms. The van der Waals surface area contributed by atoms with Gasteiger partial charge in [0.25, 0.3) is 0 Å². The summed E-state index contributed by atoms with van der Waals surface area (Å²) < 4.78 is 2.09. The molecular weight excluding hydrogens is 276 g/mol. The maximum Gasteiger partial charge on any atom is 0.0628 e. The predicted octanol–water partition coefficient (Wildman–Crippen LogP) is 4.45. The minimum absolute atomic E-state index is 0.502. The third-order valence-electron chi connectivity index (χ3n) is 3.60. The molecule has 0 saturated carbocycles. The van der Waals surface area contributed by atoms with Crippen LogP contribution in [0.25, 0.3) is 0 Å². The molecule has 1 rings (SSSR count). The molecule has 0 fully saturated rings. The summed E-state index contributed by atoms with van der Waals surface area (Å²) in [5.41, 5.74) is 1.22. The second-order valence-corrected chi connectivity index (χ2v) is 6.78. The molecule has 0 bridgehead atoms.